The summed E-state index contributed by atoms with van der Waals surface area (Å²) in [6, 6.07) is 0.0982. The highest BCUT2D eigenvalue weighted by Crippen LogP contribution is 2.26. The zero-order valence-corrected chi connectivity index (χ0v) is 13.3. The van der Waals surface area contributed by atoms with Gasteiger partial charge in [0.15, 0.2) is 0 Å². The minimum absolute atomic E-state index is 0.0982. The van der Waals surface area contributed by atoms with Gasteiger partial charge in [0.05, 0.1) is 0 Å². The summed E-state index contributed by atoms with van der Waals surface area (Å²) in [6.07, 6.45) is 4.24. The molecule has 2 atom stereocenters. The second-order valence-electron chi connectivity index (χ2n) is 4.10. The van der Waals surface area contributed by atoms with Crippen LogP contribution in [0.5, 0.6) is 0 Å². The highest BCUT2D eigenvalue weighted by atomic mass is 79.9. The van der Waals surface area contributed by atoms with Crippen molar-refractivity contribution in [3.8, 4) is 0 Å². The number of hydrogen-bond acceptors (Lipinski definition) is 5. The Hall–Kier alpha value is -0.690. The average molecular weight is 335 g/mol. The Balaban J connectivity index is 2.73. The van der Waals surface area contributed by atoms with Crippen LogP contribution in [0.1, 0.15) is 20.3 Å². The largest absolute Gasteiger partial charge is 0.369 e. The fourth-order valence-electron chi connectivity index (χ4n) is 1.46. The summed E-state index contributed by atoms with van der Waals surface area (Å²) in [6.45, 7) is 4.94. The van der Waals surface area contributed by atoms with Gasteiger partial charge in [0.2, 0.25) is 0 Å². The number of hydrogen-bond donors (Lipinski definition) is 2. The fraction of sp³-hybridized carbons (Fsp3) is 0.636. The van der Waals surface area contributed by atoms with Crippen molar-refractivity contribution in [3.05, 3.63) is 10.8 Å². The Labute approximate surface area is 119 Å². The zero-order chi connectivity index (χ0) is 13.5. The van der Waals surface area contributed by atoms with E-state index in [0.29, 0.717) is 5.75 Å². The first-order chi connectivity index (χ1) is 8.54. The van der Waals surface area contributed by atoms with Crippen molar-refractivity contribution in [2.45, 2.75) is 26.3 Å². The standard InChI is InChI=1S/C11H19BrN4OS/c1-4-5-13-10-9(12)11(15-7-14-10)16-8(2)6-18(3)17/h7-8H,4-6H2,1-3H3,(H2,13,14,15,16). The van der Waals surface area contributed by atoms with Crippen molar-refractivity contribution < 1.29 is 4.21 Å². The van der Waals surface area contributed by atoms with Crippen molar-refractivity contribution in [2.75, 3.05) is 29.2 Å². The van der Waals surface area contributed by atoms with Crippen LogP contribution in [0.2, 0.25) is 0 Å². The molecule has 1 heterocycles. The molecule has 0 aliphatic carbocycles. The van der Waals surface area contributed by atoms with E-state index in [2.05, 4.69) is 43.5 Å². The molecule has 18 heavy (non-hydrogen) atoms. The highest BCUT2D eigenvalue weighted by molar-refractivity contribution is 9.10. The van der Waals surface area contributed by atoms with E-state index in [0.717, 1.165) is 29.1 Å². The van der Waals surface area contributed by atoms with Crippen LogP contribution < -0.4 is 10.6 Å². The number of anilines is 2. The summed E-state index contributed by atoms with van der Waals surface area (Å²) in [5, 5.41) is 6.45. The molecular formula is C11H19BrN4OS. The van der Waals surface area contributed by atoms with Crippen LogP contribution >= 0.6 is 15.9 Å². The maximum Gasteiger partial charge on any atom is 0.146 e. The van der Waals surface area contributed by atoms with E-state index in [4.69, 9.17) is 0 Å². The van der Waals surface area contributed by atoms with Gasteiger partial charge in [-0.3, -0.25) is 4.21 Å². The molecule has 0 saturated heterocycles. The maximum absolute atomic E-state index is 11.2. The predicted octanol–water partition coefficient (Wildman–Crippen LogP) is 2.24. The third kappa shape index (κ3) is 4.89. The molecule has 2 N–H and O–H groups in total. The molecule has 1 aromatic rings. The molecule has 0 amide bonds. The molecule has 0 saturated carbocycles. The molecule has 7 heteroatoms. The second-order valence-corrected chi connectivity index (χ2v) is 6.37. The third-order valence-corrected chi connectivity index (χ3v) is 3.92. The summed E-state index contributed by atoms with van der Waals surface area (Å²) < 4.78 is 12.0. The Bertz CT molecular complexity index is 416. The first kappa shape index (κ1) is 15.4. The Morgan fingerprint density at radius 3 is 2.72 bits per heavy atom. The summed E-state index contributed by atoms with van der Waals surface area (Å²) in [7, 11) is -0.823. The molecule has 0 bridgehead atoms. The van der Waals surface area contributed by atoms with Crippen LogP contribution in [0.3, 0.4) is 0 Å². The van der Waals surface area contributed by atoms with Crippen LogP contribution in [0, 0.1) is 0 Å². The second kappa shape index (κ2) is 7.68. The average Bonchev–Trinajstić information content (AvgIpc) is 2.29. The molecule has 0 fully saturated rings. The Kier molecular flexibility index (Phi) is 6.56. The lowest BCUT2D eigenvalue weighted by Crippen LogP contribution is -2.23. The first-order valence-corrected chi connectivity index (χ1v) is 8.37. The van der Waals surface area contributed by atoms with Gasteiger partial charge in [-0.1, -0.05) is 6.92 Å². The molecule has 102 valence electrons. The smallest absolute Gasteiger partial charge is 0.146 e. The van der Waals surface area contributed by atoms with E-state index in [-0.39, 0.29) is 6.04 Å². The SMILES string of the molecule is CCCNc1ncnc(NC(C)CS(C)=O)c1Br. The van der Waals surface area contributed by atoms with E-state index in [9.17, 15) is 4.21 Å². The van der Waals surface area contributed by atoms with E-state index in [1.807, 2.05) is 6.92 Å². The highest BCUT2D eigenvalue weighted by Gasteiger charge is 2.11. The Morgan fingerprint density at radius 1 is 1.44 bits per heavy atom. The molecular weight excluding hydrogens is 316 g/mol. The molecule has 0 aromatic carbocycles. The molecule has 0 radical (unpaired) electrons. The van der Waals surface area contributed by atoms with Crippen LogP contribution in [0.25, 0.3) is 0 Å². The quantitative estimate of drug-likeness (QED) is 0.800. The zero-order valence-electron chi connectivity index (χ0n) is 10.9. The molecule has 2 unspecified atom stereocenters. The third-order valence-electron chi connectivity index (χ3n) is 2.20. The lowest BCUT2D eigenvalue weighted by atomic mass is 10.4. The topological polar surface area (TPSA) is 66.9 Å². The first-order valence-electron chi connectivity index (χ1n) is 5.85. The van der Waals surface area contributed by atoms with Gasteiger partial charge in [-0.05, 0) is 29.3 Å². The molecule has 1 rings (SSSR count). The van der Waals surface area contributed by atoms with Crippen molar-refractivity contribution in [1.29, 1.82) is 0 Å². The van der Waals surface area contributed by atoms with Gasteiger partial charge < -0.3 is 10.6 Å². The van der Waals surface area contributed by atoms with Crippen LogP contribution in [0.4, 0.5) is 11.6 Å². The summed E-state index contributed by atoms with van der Waals surface area (Å²) in [5.41, 5.74) is 0. The molecule has 1 aromatic heterocycles. The number of aromatic nitrogens is 2. The Morgan fingerprint density at radius 2 is 2.11 bits per heavy atom. The van der Waals surface area contributed by atoms with E-state index in [1.54, 1.807) is 6.26 Å². The normalized spacial score (nSPS) is 14.0. The lowest BCUT2D eigenvalue weighted by molar-refractivity contribution is 0.683. The van der Waals surface area contributed by atoms with Crippen LogP contribution in [-0.2, 0) is 10.8 Å². The lowest BCUT2D eigenvalue weighted by Gasteiger charge is -2.15. The number of nitrogens with one attached hydrogen (secondary N) is 2. The maximum atomic E-state index is 11.2. The molecule has 0 spiro atoms. The van der Waals surface area contributed by atoms with Crippen molar-refractivity contribution in [3.63, 3.8) is 0 Å². The molecule has 0 aliphatic heterocycles. The van der Waals surface area contributed by atoms with Gasteiger partial charge in [0, 0.05) is 35.4 Å². The van der Waals surface area contributed by atoms with Gasteiger partial charge in [-0.25, -0.2) is 9.97 Å². The van der Waals surface area contributed by atoms with Gasteiger partial charge >= 0.3 is 0 Å². The predicted molar refractivity (Wildman–Crippen MR) is 80.5 cm³/mol. The van der Waals surface area contributed by atoms with Crippen molar-refractivity contribution >= 4 is 38.4 Å². The van der Waals surface area contributed by atoms with Gasteiger partial charge in [-0.15, -0.1) is 0 Å². The van der Waals surface area contributed by atoms with E-state index in [1.165, 1.54) is 6.33 Å². The molecule has 5 nitrogen and oxygen atoms in total. The van der Waals surface area contributed by atoms with Gasteiger partial charge in [-0.2, -0.15) is 0 Å². The summed E-state index contributed by atoms with van der Waals surface area (Å²) in [5.74, 6) is 2.09. The molecule has 0 aliphatic rings. The van der Waals surface area contributed by atoms with Gasteiger partial charge in [0.25, 0.3) is 0 Å². The monoisotopic (exact) mass is 334 g/mol. The van der Waals surface area contributed by atoms with Crippen molar-refractivity contribution in [1.82, 2.24) is 9.97 Å². The number of halogens is 1. The minimum Gasteiger partial charge on any atom is -0.369 e. The van der Waals surface area contributed by atoms with E-state index >= 15 is 0 Å². The summed E-state index contributed by atoms with van der Waals surface area (Å²) in [4.78, 5) is 8.36. The summed E-state index contributed by atoms with van der Waals surface area (Å²) >= 11 is 3.48. The van der Waals surface area contributed by atoms with Crippen LogP contribution in [-0.4, -0.2) is 38.8 Å². The number of nitrogens with zero attached hydrogens (tertiary/aromatic N) is 2. The van der Waals surface area contributed by atoms with Crippen LogP contribution in [0.15, 0.2) is 10.8 Å². The minimum atomic E-state index is -0.823. The number of rotatable bonds is 7. The fourth-order valence-corrected chi connectivity index (χ4v) is 2.71. The van der Waals surface area contributed by atoms with Crippen molar-refractivity contribution in [2.24, 2.45) is 0 Å². The van der Waals surface area contributed by atoms with E-state index < -0.39 is 10.8 Å². The van der Waals surface area contributed by atoms with Gasteiger partial charge in [0.1, 0.15) is 22.4 Å².